The molecule has 4 nitrogen and oxygen atoms in total. The lowest BCUT2D eigenvalue weighted by atomic mass is 10.00. The molecule has 142 valence electrons. The molecule has 0 aliphatic heterocycles. The molecule has 0 saturated carbocycles. The second-order valence-electron chi connectivity index (χ2n) is 6.91. The van der Waals surface area contributed by atoms with Gasteiger partial charge in [0.25, 0.3) is 0 Å². The lowest BCUT2D eigenvalue weighted by Crippen LogP contribution is -2.25. The van der Waals surface area contributed by atoms with Crippen LogP contribution in [0.4, 0.5) is 0 Å². The van der Waals surface area contributed by atoms with Gasteiger partial charge in [0.1, 0.15) is 0 Å². The number of unbranched alkanes of at least 4 members (excludes halogenated alkanes) is 2. The van der Waals surface area contributed by atoms with Gasteiger partial charge in [0.05, 0.1) is 11.6 Å². The number of nitrogens with zero attached hydrogens (tertiary/aromatic N) is 2. The molecule has 2 rings (SSSR count). The molecule has 0 aromatic heterocycles. The Bertz CT molecular complexity index is 774. The van der Waals surface area contributed by atoms with Gasteiger partial charge in [0.15, 0.2) is 0 Å². The average molecular weight is 363 g/mol. The van der Waals surface area contributed by atoms with Crippen molar-refractivity contribution >= 4 is 6.08 Å². The summed E-state index contributed by atoms with van der Waals surface area (Å²) in [5.74, 6) is 5.80. The van der Waals surface area contributed by atoms with Gasteiger partial charge in [0, 0.05) is 20.1 Å². The van der Waals surface area contributed by atoms with Gasteiger partial charge in [-0.2, -0.15) is 5.26 Å². The molecule has 0 bridgehead atoms. The summed E-state index contributed by atoms with van der Waals surface area (Å²) < 4.78 is 0. The highest BCUT2D eigenvalue weighted by Gasteiger charge is 2.04. The molecule has 2 aromatic rings. The van der Waals surface area contributed by atoms with Gasteiger partial charge >= 0.3 is 0 Å². The smallest absolute Gasteiger partial charge is 0.0995 e. The van der Waals surface area contributed by atoms with Crippen molar-refractivity contribution < 1.29 is 0 Å². The fourth-order valence-corrected chi connectivity index (χ4v) is 3.18. The van der Waals surface area contributed by atoms with Gasteiger partial charge in [-0.05, 0) is 54.1 Å². The summed E-state index contributed by atoms with van der Waals surface area (Å²) >= 11 is 0. The van der Waals surface area contributed by atoms with E-state index in [1.54, 1.807) is 5.01 Å². The van der Waals surface area contributed by atoms with Crippen LogP contribution in [-0.2, 0) is 19.5 Å². The summed E-state index contributed by atoms with van der Waals surface area (Å²) in [4.78, 5) is 0. The topological polar surface area (TPSA) is 65.1 Å². The third-order valence-electron chi connectivity index (χ3n) is 4.62. The van der Waals surface area contributed by atoms with Crippen molar-refractivity contribution in [3.8, 4) is 6.07 Å². The van der Waals surface area contributed by atoms with Crippen LogP contribution in [0.3, 0.4) is 0 Å². The summed E-state index contributed by atoms with van der Waals surface area (Å²) in [6, 6.07) is 16.6. The molecule has 0 fully saturated rings. The van der Waals surface area contributed by atoms with E-state index in [2.05, 4.69) is 36.2 Å². The third-order valence-corrected chi connectivity index (χ3v) is 4.62. The predicted octanol–water partition coefficient (Wildman–Crippen LogP) is 4.01. The standard InChI is InChI=1S/C23H30N4/c1-3-20-13-12-19(15-23(20)18-27(2)25)9-5-4-8-14-26-17-22-11-7-6-10-21(22)16-24/h3,6-7,10-13,15,26H,1,4-5,8-9,14,17-18,25H2,2H3. The van der Waals surface area contributed by atoms with Gasteiger partial charge in [-0.3, -0.25) is 5.84 Å². The summed E-state index contributed by atoms with van der Waals surface area (Å²) in [7, 11) is 1.88. The average Bonchev–Trinajstić information content (AvgIpc) is 2.67. The van der Waals surface area contributed by atoms with Gasteiger partial charge < -0.3 is 5.32 Å². The minimum absolute atomic E-state index is 0.725. The molecule has 2 aromatic carbocycles. The van der Waals surface area contributed by atoms with Crippen LogP contribution >= 0.6 is 0 Å². The zero-order valence-corrected chi connectivity index (χ0v) is 16.2. The van der Waals surface area contributed by atoms with Gasteiger partial charge in [-0.15, -0.1) is 0 Å². The molecule has 4 heteroatoms. The van der Waals surface area contributed by atoms with E-state index in [1.165, 1.54) is 24.0 Å². The first-order valence-corrected chi connectivity index (χ1v) is 9.53. The van der Waals surface area contributed by atoms with Crippen LogP contribution in [0.2, 0.25) is 0 Å². The van der Waals surface area contributed by atoms with Crippen LogP contribution in [0.15, 0.2) is 49.0 Å². The van der Waals surface area contributed by atoms with E-state index in [4.69, 9.17) is 11.1 Å². The van der Waals surface area contributed by atoms with Crippen molar-refractivity contribution in [2.75, 3.05) is 13.6 Å². The Morgan fingerprint density at radius 1 is 1.15 bits per heavy atom. The molecule has 3 N–H and O–H groups in total. The predicted molar refractivity (Wildman–Crippen MR) is 113 cm³/mol. The first-order chi connectivity index (χ1) is 13.1. The second kappa shape index (κ2) is 11.3. The van der Waals surface area contributed by atoms with Crippen molar-refractivity contribution in [2.24, 2.45) is 5.84 Å². The Balaban J connectivity index is 1.69. The highest BCUT2D eigenvalue weighted by molar-refractivity contribution is 5.53. The number of nitriles is 1. The molecule has 0 aliphatic carbocycles. The highest BCUT2D eigenvalue weighted by atomic mass is 15.4. The highest BCUT2D eigenvalue weighted by Crippen LogP contribution is 2.16. The Hall–Kier alpha value is -2.45. The van der Waals surface area contributed by atoms with E-state index in [1.807, 2.05) is 37.4 Å². The summed E-state index contributed by atoms with van der Waals surface area (Å²) in [6.45, 7) is 6.33. The van der Waals surface area contributed by atoms with E-state index >= 15 is 0 Å². The van der Waals surface area contributed by atoms with E-state index in [0.717, 1.165) is 49.2 Å². The minimum Gasteiger partial charge on any atom is -0.313 e. The molecule has 0 saturated heterocycles. The minimum atomic E-state index is 0.725. The maximum atomic E-state index is 9.11. The van der Waals surface area contributed by atoms with E-state index in [9.17, 15) is 0 Å². The van der Waals surface area contributed by atoms with Crippen molar-refractivity contribution in [3.05, 3.63) is 76.9 Å². The molecule has 0 atom stereocenters. The molecular formula is C23H30N4. The monoisotopic (exact) mass is 362 g/mol. The number of aryl methyl sites for hydroxylation is 1. The van der Waals surface area contributed by atoms with Crippen molar-refractivity contribution in [2.45, 2.75) is 38.8 Å². The Labute approximate surface area is 163 Å². The van der Waals surface area contributed by atoms with Crippen LogP contribution in [0, 0.1) is 11.3 Å². The van der Waals surface area contributed by atoms with Crippen molar-refractivity contribution in [1.29, 1.82) is 5.26 Å². The largest absolute Gasteiger partial charge is 0.313 e. The Morgan fingerprint density at radius 3 is 2.70 bits per heavy atom. The van der Waals surface area contributed by atoms with E-state index < -0.39 is 0 Å². The first-order valence-electron chi connectivity index (χ1n) is 9.53. The normalized spacial score (nSPS) is 10.7. The summed E-state index contributed by atoms with van der Waals surface area (Å²) in [6.07, 6.45) is 6.45. The zero-order valence-electron chi connectivity index (χ0n) is 16.2. The summed E-state index contributed by atoms with van der Waals surface area (Å²) in [5.41, 5.74) is 5.56. The Kier molecular flexibility index (Phi) is 8.73. The molecule has 0 spiro atoms. The fourth-order valence-electron chi connectivity index (χ4n) is 3.18. The van der Waals surface area contributed by atoms with E-state index in [-0.39, 0.29) is 0 Å². The number of hydrazine groups is 1. The fraction of sp³-hybridized carbons (Fsp3) is 0.348. The SMILES string of the molecule is C=Cc1ccc(CCCCCNCc2ccccc2C#N)cc1CN(C)N. The number of nitrogens with one attached hydrogen (secondary N) is 1. The van der Waals surface area contributed by atoms with Crippen LogP contribution in [-0.4, -0.2) is 18.6 Å². The lowest BCUT2D eigenvalue weighted by Gasteiger charge is -2.14. The number of rotatable bonds is 11. The molecule has 0 heterocycles. The first kappa shape index (κ1) is 20.9. The second-order valence-corrected chi connectivity index (χ2v) is 6.91. The number of hydrogen-bond acceptors (Lipinski definition) is 4. The quantitative estimate of drug-likeness (QED) is 0.360. The van der Waals surface area contributed by atoms with Crippen molar-refractivity contribution in [1.82, 2.24) is 10.3 Å². The van der Waals surface area contributed by atoms with E-state index in [0.29, 0.717) is 0 Å². The third kappa shape index (κ3) is 6.99. The molecule has 0 unspecified atom stereocenters. The molecule has 0 amide bonds. The van der Waals surface area contributed by atoms with Crippen LogP contribution < -0.4 is 11.2 Å². The summed E-state index contributed by atoms with van der Waals surface area (Å²) in [5, 5.41) is 14.2. The van der Waals surface area contributed by atoms with Crippen LogP contribution in [0.25, 0.3) is 6.08 Å². The van der Waals surface area contributed by atoms with Crippen LogP contribution in [0.5, 0.6) is 0 Å². The number of nitrogens with two attached hydrogens (primary N) is 1. The maximum Gasteiger partial charge on any atom is 0.0995 e. The Morgan fingerprint density at radius 2 is 1.96 bits per heavy atom. The van der Waals surface area contributed by atoms with Crippen LogP contribution in [0.1, 0.15) is 47.1 Å². The number of hydrogen-bond donors (Lipinski definition) is 2. The van der Waals surface area contributed by atoms with Crippen molar-refractivity contribution in [3.63, 3.8) is 0 Å². The number of benzene rings is 2. The zero-order chi connectivity index (χ0) is 19.5. The molecular weight excluding hydrogens is 332 g/mol. The lowest BCUT2D eigenvalue weighted by molar-refractivity contribution is 0.341. The van der Waals surface area contributed by atoms with Gasteiger partial charge in [-0.1, -0.05) is 55.5 Å². The maximum absolute atomic E-state index is 9.11. The molecule has 0 aliphatic rings. The molecule has 0 radical (unpaired) electrons. The van der Waals surface area contributed by atoms with Gasteiger partial charge in [0.2, 0.25) is 0 Å². The van der Waals surface area contributed by atoms with Gasteiger partial charge in [-0.25, -0.2) is 5.01 Å². The molecule has 27 heavy (non-hydrogen) atoms.